The molecule has 0 aromatic carbocycles. The van der Waals surface area contributed by atoms with Crippen LogP contribution in [0.5, 0.6) is 0 Å². The molecular formula is C120H268. The summed E-state index contributed by atoms with van der Waals surface area (Å²) in [6.45, 7) is 124. The van der Waals surface area contributed by atoms with E-state index in [1.54, 1.807) is 0 Å². The summed E-state index contributed by atoms with van der Waals surface area (Å²) in [4.78, 5) is 0. The smallest absolute Gasteiger partial charge is 0.0334 e. The Morgan fingerprint density at radius 3 is 0.750 bits per heavy atom. The monoisotopic (exact) mass is 1710 g/mol. The van der Waals surface area contributed by atoms with Gasteiger partial charge in [0.1, 0.15) is 0 Å². The molecule has 5 unspecified atom stereocenters. The van der Waals surface area contributed by atoms with Gasteiger partial charge in [0.15, 0.2) is 0 Å². The lowest BCUT2D eigenvalue weighted by Crippen LogP contribution is -2.19. The molecule has 1 rings (SSSR count). The summed E-state index contributed by atoms with van der Waals surface area (Å²) in [7, 11) is 0. The quantitative estimate of drug-likeness (QED) is 0.0533. The van der Waals surface area contributed by atoms with Crippen LogP contribution in [0.25, 0.3) is 0 Å². The predicted octanol–water partition coefficient (Wildman–Crippen LogP) is 47.2. The highest BCUT2D eigenvalue weighted by atomic mass is 14.3. The van der Waals surface area contributed by atoms with Crippen molar-refractivity contribution in [2.24, 2.45) is 122 Å². The minimum absolute atomic E-state index is 0.542. The van der Waals surface area contributed by atoms with Crippen molar-refractivity contribution in [3.05, 3.63) is 0 Å². The van der Waals surface area contributed by atoms with Gasteiger partial charge in [-0.1, -0.05) is 624 Å². The van der Waals surface area contributed by atoms with Gasteiger partial charge in [0.2, 0.25) is 0 Å². The molecule has 0 heteroatoms. The zero-order valence-corrected chi connectivity index (χ0v) is 97.6. The van der Waals surface area contributed by atoms with Crippen LogP contribution in [0.4, 0.5) is 0 Å². The summed E-state index contributed by atoms with van der Waals surface area (Å²) < 4.78 is 0. The molecule has 1 fully saturated rings. The van der Waals surface area contributed by atoms with Crippen LogP contribution >= 0.6 is 0 Å². The van der Waals surface area contributed by atoms with Gasteiger partial charge in [-0.05, 0) is 160 Å². The molecular weight excluding hydrogens is 1440 g/mol. The molecule has 0 aromatic heterocycles. The summed E-state index contributed by atoms with van der Waals surface area (Å²) in [6, 6.07) is 0. The molecule has 1 aliphatic rings. The SMILES string of the molecule is CC(C)C(C)C(C)C.CC(C)CCC(C)C.CC1CCC(C)(C)CC1.CCC(C)(C)C(C)C.CCC(C)C(C)CC.CCC(C)CC(C)C.CCCC(C)(C)CC.CCCC(C)(C)CC.CCCC(C)C(C)C.CCCC(C)CCC.CCCCC(C)(C)C.CCCCC(C)CC.CCCCCC(C)C.CCCCCCC.CCCCCCCC. The molecule has 120 heavy (non-hydrogen) atoms. The van der Waals surface area contributed by atoms with Gasteiger partial charge in [-0.15, -0.1) is 0 Å². The standard InChI is InChI=1S/C9H18.13C8H18.C7H16/c1-8-4-6-9(2,3)7-5-8;1-7(2)5-6-8(3)4;1-6-8(4,5)7(2)3;1-6(2)8(5)7(3)4;1-5-8(4)6-7(2)3;1-5-6-7-8(2,3)4;1-5-6-8(4)7(2)3;2*1-5-7-8(3,4)6-2;1-5-7(3)8(4)6-2;1-4-5-6-7-8(2)3;1-4-6-7-8(3)5-2;1-4-6-8(3)7-5-2;1-3-5-7-8-6-4-2;1-3-5-7-6-4-2/h8H,4-7H2,1-3H3;7-8H,5-6H2,1-4H3;7H,6H2,1-5H3;6-8H,1-5H3;7-8H,5-6H2,1-4H3;5-7H2,1-4H3;7-8H,5-6H2,1-4H3;2*5-7H2,1-4H3;7-8H,5-6H2,1-4H3;3*8H,4-7H2,1-3H3;3-8H2,1-2H3;3-7H2,1-2H3. The van der Waals surface area contributed by atoms with E-state index in [9.17, 15) is 0 Å². The van der Waals surface area contributed by atoms with Crippen LogP contribution in [0.3, 0.4) is 0 Å². The first-order valence-electron chi connectivity index (χ1n) is 55.4. The summed E-state index contributed by atoms with van der Waals surface area (Å²) in [5, 5.41) is 0. The first-order chi connectivity index (χ1) is 55.4. The van der Waals surface area contributed by atoms with E-state index >= 15 is 0 Å². The van der Waals surface area contributed by atoms with E-state index in [2.05, 4.69) is 374 Å². The number of hydrogen-bond donors (Lipinski definition) is 0. The summed E-state index contributed by atoms with van der Waals surface area (Å²) >= 11 is 0. The first kappa shape index (κ1) is 151. The summed E-state index contributed by atoms with van der Waals surface area (Å²) in [5.74, 6) is 14.4. The van der Waals surface area contributed by atoms with Gasteiger partial charge >= 0.3 is 0 Å². The minimum atomic E-state index is 0.542. The highest BCUT2D eigenvalue weighted by Crippen LogP contribution is 2.38. The number of rotatable bonds is 45. The maximum Gasteiger partial charge on any atom is -0.0334 e. The van der Waals surface area contributed by atoms with Gasteiger partial charge in [-0.2, -0.15) is 0 Å². The van der Waals surface area contributed by atoms with Gasteiger partial charge in [0.25, 0.3) is 0 Å². The lowest BCUT2D eigenvalue weighted by molar-refractivity contribution is 0.201. The second-order valence-corrected chi connectivity index (χ2v) is 46.4. The zero-order chi connectivity index (χ0) is 97.6. The van der Waals surface area contributed by atoms with E-state index in [1.165, 1.54) is 289 Å². The largest absolute Gasteiger partial charge is 0.0654 e. The lowest BCUT2D eigenvalue weighted by atomic mass is 9.74. The van der Waals surface area contributed by atoms with Crippen molar-refractivity contribution < 1.29 is 0 Å². The molecule has 0 saturated heterocycles. The fourth-order valence-electron chi connectivity index (χ4n) is 12.6. The molecule has 0 aliphatic heterocycles. The zero-order valence-electron chi connectivity index (χ0n) is 97.6. The molecule has 5 atom stereocenters. The van der Waals surface area contributed by atoms with E-state index in [-0.39, 0.29) is 0 Å². The van der Waals surface area contributed by atoms with Crippen LogP contribution < -0.4 is 0 Å². The molecule has 0 heterocycles. The average Bonchev–Trinajstić information content (AvgIpc) is 0.885. The lowest BCUT2D eigenvalue weighted by Gasteiger charge is -2.32. The molecule has 0 amide bonds. The Balaban J connectivity index is -0.0000000836. The molecule has 0 radical (unpaired) electrons. The molecule has 0 bridgehead atoms. The summed E-state index contributed by atoms with van der Waals surface area (Å²) in [5.41, 5.74) is 2.94. The third-order valence-corrected chi connectivity index (χ3v) is 26.6. The highest BCUT2D eigenvalue weighted by molar-refractivity contribution is 4.76. The maximum atomic E-state index is 2.39. The van der Waals surface area contributed by atoms with Crippen LogP contribution in [0, 0.1) is 122 Å². The third-order valence-electron chi connectivity index (χ3n) is 26.6. The van der Waals surface area contributed by atoms with Crippen molar-refractivity contribution in [2.45, 2.75) is 663 Å². The predicted molar refractivity (Wildman–Crippen MR) is 582 cm³/mol. The van der Waals surface area contributed by atoms with Gasteiger partial charge in [0.05, 0.1) is 0 Å². The second kappa shape index (κ2) is 110. The Morgan fingerprint density at radius 1 is 0.267 bits per heavy atom. The highest BCUT2D eigenvalue weighted by Gasteiger charge is 2.24. The van der Waals surface area contributed by atoms with Gasteiger partial charge in [0, 0.05) is 0 Å². The fraction of sp³-hybridized carbons (Fsp3) is 1.00. The maximum absolute atomic E-state index is 2.39. The fourth-order valence-corrected chi connectivity index (χ4v) is 12.6. The molecule has 1 aliphatic carbocycles. The Hall–Kier alpha value is 0. The topological polar surface area (TPSA) is 0 Å². The average molecular weight is 1710 g/mol. The molecule has 1 saturated carbocycles. The van der Waals surface area contributed by atoms with Crippen molar-refractivity contribution in [3.8, 4) is 0 Å². The Kier molecular flexibility index (Phi) is 138. The molecule has 0 nitrogen and oxygen atoms in total. The van der Waals surface area contributed by atoms with Crippen LogP contribution in [-0.4, -0.2) is 0 Å². The van der Waals surface area contributed by atoms with Crippen LogP contribution in [0.15, 0.2) is 0 Å². The van der Waals surface area contributed by atoms with Crippen LogP contribution in [-0.2, 0) is 0 Å². The number of unbranched alkanes of at least 4 members (excludes halogenated alkanes) is 13. The third kappa shape index (κ3) is 162. The van der Waals surface area contributed by atoms with Crippen molar-refractivity contribution in [3.63, 3.8) is 0 Å². The Bertz CT molecular complexity index is 1600. The van der Waals surface area contributed by atoms with Crippen LogP contribution in [0.2, 0.25) is 0 Å². The normalized spacial score (nSPS) is 13.6. The van der Waals surface area contributed by atoms with E-state index < -0.39 is 0 Å². The molecule has 0 spiro atoms. The van der Waals surface area contributed by atoms with E-state index in [1.807, 2.05) is 0 Å². The van der Waals surface area contributed by atoms with E-state index in [4.69, 9.17) is 0 Å². The molecule has 748 valence electrons. The van der Waals surface area contributed by atoms with Crippen molar-refractivity contribution >= 4 is 0 Å². The second-order valence-electron chi connectivity index (χ2n) is 46.4. The van der Waals surface area contributed by atoms with Crippen molar-refractivity contribution in [2.75, 3.05) is 0 Å². The minimum Gasteiger partial charge on any atom is -0.0654 e. The van der Waals surface area contributed by atoms with Gasteiger partial charge < -0.3 is 0 Å². The van der Waals surface area contributed by atoms with Crippen LogP contribution in [0.1, 0.15) is 663 Å². The van der Waals surface area contributed by atoms with E-state index in [0.29, 0.717) is 27.1 Å². The Morgan fingerprint density at radius 2 is 0.583 bits per heavy atom. The molecule has 0 aromatic rings. The number of hydrogen-bond acceptors (Lipinski definition) is 0. The molecule has 0 N–H and O–H groups in total. The van der Waals surface area contributed by atoms with Crippen molar-refractivity contribution in [1.29, 1.82) is 0 Å². The van der Waals surface area contributed by atoms with E-state index in [0.717, 1.165) is 94.7 Å². The van der Waals surface area contributed by atoms with Crippen molar-refractivity contribution in [1.82, 2.24) is 0 Å². The van der Waals surface area contributed by atoms with Gasteiger partial charge in [-0.25, -0.2) is 0 Å². The first-order valence-corrected chi connectivity index (χ1v) is 55.4. The Labute approximate surface area is 779 Å². The van der Waals surface area contributed by atoms with Gasteiger partial charge in [-0.3, -0.25) is 0 Å². The summed E-state index contributed by atoms with van der Waals surface area (Å²) in [6.07, 6.45) is 62.1.